The van der Waals surface area contributed by atoms with Crippen molar-refractivity contribution in [3.8, 4) is 5.75 Å². The summed E-state index contributed by atoms with van der Waals surface area (Å²) in [5, 5.41) is 3.34. The first-order valence-corrected chi connectivity index (χ1v) is 12.2. The van der Waals surface area contributed by atoms with Crippen LogP contribution in [-0.2, 0) is 6.54 Å². The van der Waals surface area contributed by atoms with E-state index in [9.17, 15) is 9.18 Å². The van der Waals surface area contributed by atoms with Gasteiger partial charge in [-0.3, -0.25) is 9.69 Å². The Balaban J connectivity index is 1.24. The number of nitrogens with zero attached hydrogens (tertiary/aromatic N) is 3. The van der Waals surface area contributed by atoms with Gasteiger partial charge >= 0.3 is 0 Å². The number of hydrogen-bond acceptors (Lipinski definition) is 4. The number of aryl methyl sites for hydroxylation is 1. The topological polar surface area (TPSA) is 59.4 Å². The van der Waals surface area contributed by atoms with Gasteiger partial charge in [-0.1, -0.05) is 42.5 Å². The van der Waals surface area contributed by atoms with Crippen LogP contribution in [0.5, 0.6) is 5.75 Å². The Morgan fingerprint density at radius 3 is 2.49 bits per heavy atom. The van der Waals surface area contributed by atoms with Crippen molar-refractivity contribution in [3.63, 3.8) is 0 Å². The fourth-order valence-electron chi connectivity index (χ4n) is 4.87. The van der Waals surface area contributed by atoms with Gasteiger partial charge in [0.05, 0.1) is 23.1 Å². The van der Waals surface area contributed by atoms with Crippen molar-refractivity contribution in [1.82, 2.24) is 9.55 Å². The molecule has 6 nitrogen and oxygen atoms in total. The van der Waals surface area contributed by atoms with Crippen molar-refractivity contribution in [1.29, 1.82) is 0 Å². The molecule has 0 spiro atoms. The second-order valence-corrected chi connectivity index (χ2v) is 8.93. The van der Waals surface area contributed by atoms with Crippen LogP contribution in [0.15, 0.2) is 97.1 Å². The number of rotatable bonds is 6. The minimum absolute atomic E-state index is 0.196. The number of fused-ring (bicyclic) bond motifs is 2. The third-order valence-electron chi connectivity index (χ3n) is 6.67. The lowest BCUT2D eigenvalue weighted by Gasteiger charge is -2.38. The molecule has 1 aliphatic rings. The minimum Gasteiger partial charge on any atom is -0.492 e. The van der Waals surface area contributed by atoms with Crippen molar-refractivity contribution in [2.75, 3.05) is 16.8 Å². The molecule has 1 atom stereocenters. The van der Waals surface area contributed by atoms with Crippen LogP contribution in [-0.4, -0.2) is 22.1 Å². The van der Waals surface area contributed by atoms with E-state index in [1.165, 1.54) is 6.07 Å². The molecule has 0 saturated heterocycles. The summed E-state index contributed by atoms with van der Waals surface area (Å²) < 4.78 is 23.0. The highest BCUT2D eigenvalue weighted by molar-refractivity contribution is 6.12. The average Bonchev–Trinajstić information content (AvgIpc) is 3.24. The first-order valence-electron chi connectivity index (χ1n) is 12.2. The maximum atomic E-state index is 14.8. The number of nitrogens with one attached hydrogen (secondary N) is 1. The summed E-state index contributed by atoms with van der Waals surface area (Å²) in [6, 6.07) is 29.2. The highest BCUT2D eigenvalue weighted by atomic mass is 19.1. The van der Waals surface area contributed by atoms with E-state index in [1.807, 2.05) is 67.6 Å². The number of benzene rings is 4. The molecule has 1 aromatic heterocycles. The molecular formula is C30H25FN4O2. The molecule has 0 saturated carbocycles. The summed E-state index contributed by atoms with van der Waals surface area (Å²) in [5.41, 5.74) is 4.31. The van der Waals surface area contributed by atoms with E-state index in [0.717, 1.165) is 16.9 Å². The first kappa shape index (κ1) is 22.8. The van der Waals surface area contributed by atoms with Gasteiger partial charge in [0.15, 0.2) is 0 Å². The normalized spacial score (nSPS) is 14.9. The van der Waals surface area contributed by atoms with Crippen LogP contribution in [0.25, 0.3) is 11.0 Å². The number of para-hydroxylation sites is 3. The molecule has 2 heterocycles. The standard InChI is InChI=1S/C30H25FN4O2/c1-20-32-27-12-6-7-13-28(27)34(20)18-19-37-22-16-14-21(15-17-22)35-29(23-8-2-4-10-25(23)31)33-26-11-5-3-9-24(26)30(35)36/h2-17,29,33H,18-19H2,1H3. The number of amides is 1. The average molecular weight is 493 g/mol. The molecule has 0 fully saturated rings. The zero-order valence-electron chi connectivity index (χ0n) is 20.3. The van der Waals surface area contributed by atoms with Gasteiger partial charge in [0.25, 0.3) is 5.91 Å². The minimum atomic E-state index is -0.687. The van der Waals surface area contributed by atoms with Crippen LogP contribution in [0, 0.1) is 12.7 Å². The van der Waals surface area contributed by atoms with Crippen LogP contribution < -0.4 is 15.0 Å². The Morgan fingerprint density at radius 2 is 1.65 bits per heavy atom. The van der Waals surface area contributed by atoms with Gasteiger partial charge in [0, 0.05) is 16.9 Å². The summed E-state index contributed by atoms with van der Waals surface area (Å²) in [6.07, 6.45) is -0.687. The molecule has 0 bridgehead atoms. The fourth-order valence-corrected chi connectivity index (χ4v) is 4.87. The van der Waals surface area contributed by atoms with E-state index in [4.69, 9.17) is 4.74 Å². The lowest BCUT2D eigenvalue weighted by molar-refractivity contribution is 0.0974. The van der Waals surface area contributed by atoms with E-state index in [2.05, 4.69) is 20.9 Å². The molecule has 7 heteroatoms. The summed E-state index contributed by atoms with van der Waals surface area (Å²) >= 11 is 0. The summed E-state index contributed by atoms with van der Waals surface area (Å²) in [5.74, 6) is 1.06. The van der Waals surface area contributed by atoms with E-state index >= 15 is 0 Å². The van der Waals surface area contributed by atoms with E-state index in [0.29, 0.717) is 41.4 Å². The molecule has 0 aliphatic carbocycles. The van der Waals surface area contributed by atoms with Gasteiger partial charge < -0.3 is 14.6 Å². The number of carbonyl (C=O) groups is 1. The van der Waals surface area contributed by atoms with Gasteiger partial charge in [0.1, 0.15) is 30.2 Å². The molecule has 1 amide bonds. The Bertz CT molecular complexity index is 1600. The second-order valence-electron chi connectivity index (χ2n) is 8.93. The van der Waals surface area contributed by atoms with Crippen molar-refractivity contribution in [2.45, 2.75) is 19.6 Å². The van der Waals surface area contributed by atoms with Gasteiger partial charge in [0.2, 0.25) is 0 Å². The van der Waals surface area contributed by atoms with E-state index in [-0.39, 0.29) is 11.7 Å². The fraction of sp³-hybridized carbons (Fsp3) is 0.133. The van der Waals surface area contributed by atoms with Crippen molar-refractivity contribution >= 4 is 28.3 Å². The largest absolute Gasteiger partial charge is 0.492 e. The van der Waals surface area contributed by atoms with Crippen molar-refractivity contribution in [2.24, 2.45) is 0 Å². The molecule has 1 aliphatic heterocycles. The molecule has 6 rings (SSSR count). The molecule has 5 aromatic rings. The van der Waals surface area contributed by atoms with Crippen LogP contribution in [0.3, 0.4) is 0 Å². The molecule has 4 aromatic carbocycles. The van der Waals surface area contributed by atoms with Crippen molar-refractivity contribution < 1.29 is 13.9 Å². The van der Waals surface area contributed by atoms with Crippen LogP contribution >= 0.6 is 0 Å². The monoisotopic (exact) mass is 492 g/mol. The van der Waals surface area contributed by atoms with E-state index < -0.39 is 6.17 Å². The molecule has 1 unspecified atom stereocenters. The maximum Gasteiger partial charge on any atom is 0.262 e. The summed E-state index contributed by atoms with van der Waals surface area (Å²) in [7, 11) is 0. The quantitative estimate of drug-likeness (QED) is 0.301. The third-order valence-corrected chi connectivity index (χ3v) is 6.67. The Kier molecular flexibility index (Phi) is 5.81. The molecule has 0 radical (unpaired) electrons. The number of aromatic nitrogens is 2. The SMILES string of the molecule is Cc1nc2ccccc2n1CCOc1ccc(N2C(=O)c3ccccc3NC2c2ccccc2F)cc1. The number of ether oxygens (including phenoxy) is 1. The zero-order chi connectivity index (χ0) is 25.4. The first-order chi connectivity index (χ1) is 18.1. The van der Waals surface area contributed by atoms with E-state index in [1.54, 1.807) is 29.2 Å². The molecule has 37 heavy (non-hydrogen) atoms. The highest BCUT2D eigenvalue weighted by Crippen LogP contribution is 2.37. The van der Waals surface area contributed by atoms with Crippen LogP contribution in [0.1, 0.15) is 27.9 Å². The maximum absolute atomic E-state index is 14.8. The van der Waals surface area contributed by atoms with Crippen molar-refractivity contribution in [3.05, 3.63) is 120 Å². The van der Waals surface area contributed by atoms with Crippen LogP contribution in [0.4, 0.5) is 15.8 Å². The number of halogens is 1. The Labute approximate surface area is 213 Å². The lowest BCUT2D eigenvalue weighted by atomic mass is 10.0. The number of anilines is 2. The highest BCUT2D eigenvalue weighted by Gasteiger charge is 2.35. The number of carbonyl (C=O) groups excluding carboxylic acids is 1. The summed E-state index contributed by atoms with van der Waals surface area (Å²) in [4.78, 5) is 19.8. The molecule has 1 N–H and O–H groups in total. The molecular weight excluding hydrogens is 467 g/mol. The van der Waals surface area contributed by atoms with Gasteiger partial charge in [-0.25, -0.2) is 9.37 Å². The smallest absolute Gasteiger partial charge is 0.262 e. The third kappa shape index (κ3) is 4.18. The predicted molar refractivity (Wildman–Crippen MR) is 142 cm³/mol. The van der Waals surface area contributed by atoms with Gasteiger partial charge in [-0.2, -0.15) is 0 Å². The van der Waals surface area contributed by atoms with Crippen LogP contribution in [0.2, 0.25) is 0 Å². The number of hydrogen-bond donors (Lipinski definition) is 1. The number of imidazole rings is 1. The van der Waals surface area contributed by atoms with Gasteiger partial charge in [-0.15, -0.1) is 0 Å². The lowest BCUT2D eigenvalue weighted by Crippen LogP contribution is -2.43. The van der Waals surface area contributed by atoms with Gasteiger partial charge in [-0.05, 0) is 61.5 Å². The summed E-state index contributed by atoms with van der Waals surface area (Å²) in [6.45, 7) is 3.12. The zero-order valence-corrected chi connectivity index (χ0v) is 20.3. The predicted octanol–water partition coefficient (Wildman–Crippen LogP) is 6.33. The second kappa shape index (κ2) is 9.43. The Morgan fingerprint density at radius 1 is 0.919 bits per heavy atom. The Hall–Kier alpha value is -4.65. The molecule has 184 valence electrons.